The fourth-order valence-electron chi connectivity index (χ4n) is 6.82. The van der Waals surface area contributed by atoms with Crippen molar-refractivity contribution in [2.75, 3.05) is 13.2 Å². The topological polar surface area (TPSA) is 78.9 Å². The van der Waals surface area contributed by atoms with Crippen LogP contribution in [0.5, 0.6) is 0 Å². The van der Waals surface area contributed by atoms with Crippen molar-refractivity contribution >= 4 is 17.9 Å². The van der Waals surface area contributed by atoms with Gasteiger partial charge in [-0.05, 0) is 122 Å². The minimum absolute atomic E-state index is 0.0999. The highest BCUT2D eigenvalue weighted by Gasteiger charge is 2.19. The van der Waals surface area contributed by atoms with Gasteiger partial charge in [0.15, 0.2) is 6.10 Å². The Bertz CT molecular complexity index is 1770. The lowest BCUT2D eigenvalue weighted by Gasteiger charge is -2.18. The molecule has 0 aromatic heterocycles. The van der Waals surface area contributed by atoms with E-state index in [0.717, 1.165) is 116 Å². The van der Waals surface area contributed by atoms with Gasteiger partial charge < -0.3 is 14.2 Å². The Kier molecular flexibility index (Phi) is 54.6. The molecule has 6 heteroatoms. The molecule has 0 saturated heterocycles. The molecule has 0 aliphatic carbocycles. The normalized spacial score (nSPS) is 13.5. The third-order valence-electron chi connectivity index (χ3n) is 10.9. The summed E-state index contributed by atoms with van der Waals surface area (Å²) in [5.41, 5.74) is 0. The van der Waals surface area contributed by atoms with Crippen LogP contribution < -0.4 is 0 Å². The Morgan fingerprint density at radius 3 is 0.945 bits per heavy atom. The highest BCUT2D eigenvalue weighted by molar-refractivity contribution is 5.72. The standard InChI is InChI=1S/C67H100O6/c1-4-7-10-13-16-19-22-25-28-30-32-33-35-36-39-42-45-48-51-54-57-60-66(69)72-63-64(62-71-65(68)59-56-53-50-47-44-41-38-27-24-21-18-15-12-9-6-3)73-67(70)61-58-55-52-49-46-43-40-37-34-31-29-26-23-20-17-14-11-8-5-2/h7-12,16-21,25-29,32-34,37-38,43-44,46-47,52-53,55-56,64H,4-6,13-15,22-24,30-31,35-36,39-42,45,48-51,54,57-63H2,1-3H3/b10-7-,11-8-,12-9-,19-16-,20-17-,21-18-,28-25-,29-26-,33-32-,37-34-,38-27-,46-43-,47-44-,55-52-,56-53-. The lowest BCUT2D eigenvalue weighted by molar-refractivity contribution is -0.166. The molecule has 0 fully saturated rings. The maximum Gasteiger partial charge on any atom is 0.309 e. The molecule has 1 atom stereocenters. The van der Waals surface area contributed by atoms with E-state index in [-0.39, 0.29) is 32.0 Å². The van der Waals surface area contributed by atoms with Gasteiger partial charge in [0.25, 0.3) is 0 Å². The van der Waals surface area contributed by atoms with Crippen LogP contribution in [0.4, 0.5) is 0 Å². The average Bonchev–Trinajstić information content (AvgIpc) is 3.39. The second-order valence-corrected chi connectivity index (χ2v) is 17.7. The van der Waals surface area contributed by atoms with E-state index >= 15 is 0 Å². The van der Waals surface area contributed by atoms with Crippen molar-refractivity contribution in [1.29, 1.82) is 0 Å². The Morgan fingerprint density at radius 1 is 0.288 bits per heavy atom. The summed E-state index contributed by atoms with van der Waals surface area (Å²) >= 11 is 0. The smallest absolute Gasteiger partial charge is 0.309 e. The number of carbonyl (C=O) groups excluding carboxylic acids is 3. The summed E-state index contributed by atoms with van der Waals surface area (Å²) in [6.45, 7) is 6.11. The van der Waals surface area contributed by atoms with Crippen molar-refractivity contribution in [2.24, 2.45) is 0 Å². The first-order valence-corrected chi connectivity index (χ1v) is 28.3. The van der Waals surface area contributed by atoms with Crippen molar-refractivity contribution < 1.29 is 28.6 Å². The quantitative estimate of drug-likeness (QED) is 0.0262. The Hall–Kier alpha value is -5.49. The molecule has 0 spiro atoms. The second-order valence-electron chi connectivity index (χ2n) is 17.7. The van der Waals surface area contributed by atoms with Gasteiger partial charge in [0, 0.05) is 12.8 Å². The van der Waals surface area contributed by atoms with Crippen LogP contribution in [0.1, 0.15) is 201 Å². The highest BCUT2D eigenvalue weighted by Crippen LogP contribution is 2.12. The number of ether oxygens (including phenoxy) is 3. The molecule has 0 bridgehead atoms. The molecule has 6 nitrogen and oxygen atoms in total. The van der Waals surface area contributed by atoms with Gasteiger partial charge in [-0.15, -0.1) is 0 Å². The molecule has 0 aliphatic heterocycles. The summed E-state index contributed by atoms with van der Waals surface area (Å²) in [4.78, 5) is 38.1. The summed E-state index contributed by atoms with van der Waals surface area (Å²) in [6, 6.07) is 0. The molecule has 404 valence electrons. The Labute approximate surface area is 446 Å². The fraction of sp³-hybridized carbons (Fsp3) is 0.507. The van der Waals surface area contributed by atoms with E-state index in [1.165, 1.54) is 32.1 Å². The minimum atomic E-state index is -0.873. The summed E-state index contributed by atoms with van der Waals surface area (Å²) < 4.78 is 16.7. The molecule has 0 aromatic rings. The van der Waals surface area contributed by atoms with Gasteiger partial charge in [-0.2, -0.15) is 0 Å². The van der Waals surface area contributed by atoms with Gasteiger partial charge in [0.2, 0.25) is 0 Å². The molecule has 0 aliphatic rings. The number of hydrogen-bond donors (Lipinski definition) is 0. The van der Waals surface area contributed by atoms with Crippen LogP contribution in [-0.4, -0.2) is 37.2 Å². The van der Waals surface area contributed by atoms with E-state index in [2.05, 4.69) is 179 Å². The van der Waals surface area contributed by atoms with E-state index in [9.17, 15) is 14.4 Å². The fourth-order valence-corrected chi connectivity index (χ4v) is 6.82. The van der Waals surface area contributed by atoms with E-state index in [0.29, 0.717) is 19.3 Å². The first kappa shape index (κ1) is 67.5. The monoisotopic (exact) mass is 1000 g/mol. The first-order chi connectivity index (χ1) is 36.0. The highest BCUT2D eigenvalue weighted by atomic mass is 16.6. The lowest BCUT2D eigenvalue weighted by Crippen LogP contribution is -2.30. The van der Waals surface area contributed by atoms with Gasteiger partial charge in [0.05, 0.1) is 6.42 Å². The molecule has 0 saturated carbocycles. The summed E-state index contributed by atoms with van der Waals surface area (Å²) in [5, 5.41) is 0. The van der Waals surface area contributed by atoms with Gasteiger partial charge >= 0.3 is 17.9 Å². The molecule has 0 rings (SSSR count). The largest absolute Gasteiger partial charge is 0.462 e. The maximum absolute atomic E-state index is 12.8. The van der Waals surface area contributed by atoms with Crippen LogP contribution in [0.2, 0.25) is 0 Å². The predicted octanol–water partition coefficient (Wildman–Crippen LogP) is 19.3. The van der Waals surface area contributed by atoms with Crippen molar-refractivity contribution in [1.82, 2.24) is 0 Å². The number of hydrogen-bond acceptors (Lipinski definition) is 6. The third kappa shape index (κ3) is 57.3. The summed E-state index contributed by atoms with van der Waals surface area (Å²) in [5.74, 6) is -1.19. The van der Waals surface area contributed by atoms with Gasteiger partial charge in [-0.3, -0.25) is 14.4 Å². The molecule has 0 amide bonds. The molecular formula is C67H100O6. The zero-order valence-electron chi connectivity index (χ0n) is 46.1. The summed E-state index contributed by atoms with van der Waals surface area (Å²) in [6.07, 6.45) is 89.2. The number of unbranched alkanes of at least 4 members (excludes halogenated alkanes) is 8. The lowest BCUT2D eigenvalue weighted by atomic mass is 10.1. The molecular weight excluding hydrogens is 901 g/mol. The van der Waals surface area contributed by atoms with Crippen LogP contribution in [0.15, 0.2) is 182 Å². The van der Waals surface area contributed by atoms with Gasteiger partial charge in [-0.1, -0.05) is 242 Å². The minimum Gasteiger partial charge on any atom is -0.462 e. The van der Waals surface area contributed by atoms with Crippen molar-refractivity contribution in [3.8, 4) is 0 Å². The van der Waals surface area contributed by atoms with Crippen molar-refractivity contribution in [3.05, 3.63) is 182 Å². The van der Waals surface area contributed by atoms with Crippen LogP contribution in [0.25, 0.3) is 0 Å². The number of esters is 3. The maximum atomic E-state index is 12.8. The van der Waals surface area contributed by atoms with Gasteiger partial charge in [-0.25, -0.2) is 0 Å². The zero-order chi connectivity index (χ0) is 52.9. The van der Waals surface area contributed by atoms with Crippen LogP contribution >= 0.6 is 0 Å². The average molecular weight is 1000 g/mol. The summed E-state index contributed by atoms with van der Waals surface area (Å²) in [7, 11) is 0. The van der Waals surface area contributed by atoms with E-state index in [4.69, 9.17) is 14.2 Å². The molecule has 0 radical (unpaired) electrons. The Morgan fingerprint density at radius 2 is 0.575 bits per heavy atom. The van der Waals surface area contributed by atoms with E-state index < -0.39 is 18.0 Å². The van der Waals surface area contributed by atoms with Crippen LogP contribution in [0.3, 0.4) is 0 Å². The third-order valence-corrected chi connectivity index (χ3v) is 10.9. The Balaban J connectivity index is 4.64. The number of carbonyl (C=O) groups is 3. The SMILES string of the molecule is CC/C=C\C/C=C\C/C=C\C/C=C\C/C=C\C/C=C\CCC(=O)OC(COC(=O)C/C=C\C/C=C\C/C=C\C/C=C\C/C=C\CC)COC(=O)CCCCCCCCCC/C=C\C/C=C\C/C=C\C/C=C\CC. The number of rotatable bonds is 48. The zero-order valence-corrected chi connectivity index (χ0v) is 46.1. The van der Waals surface area contributed by atoms with E-state index in [1.807, 2.05) is 18.2 Å². The molecule has 1 unspecified atom stereocenters. The van der Waals surface area contributed by atoms with Crippen LogP contribution in [0, 0.1) is 0 Å². The predicted molar refractivity (Wildman–Crippen MR) is 315 cm³/mol. The first-order valence-electron chi connectivity index (χ1n) is 28.3. The number of allylic oxidation sites excluding steroid dienone is 29. The van der Waals surface area contributed by atoms with E-state index in [1.54, 1.807) is 6.08 Å². The van der Waals surface area contributed by atoms with Crippen molar-refractivity contribution in [3.63, 3.8) is 0 Å². The molecule has 0 aromatic carbocycles. The van der Waals surface area contributed by atoms with Crippen LogP contribution in [-0.2, 0) is 28.6 Å². The van der Waals surface area contributed by atoms with Crippen molar-refractivity contribution in [2.45, 2.75) is 207 Å². The molecule has 0 N–H and O–H groups in total. The second kappa shape index (κ2) is 59.1. The molecule has 0 heterocycles. The molecule has 73 heavy (non-hydrogen) atoms. The van der Waals surface area contributed by atoms with Gasteiger partial charge in [0.1, 0.15) is 13.2 Å².